The van der Waals surface area contributed by atoms with Gasteiger partial charge < -0.3 is 10.5 Å². The molecule has 0 spiro atoms. The molecule has 0 saturated carbocycles. The predicted octanol–water partition coefficient (Wildman–Crippen LogP) is 4.20. The summed E-state index contributed by atoms with van der Waals surface area (Å²) in [5.41, 5.74) is 8.26. The molecule has 0 bridgehead atoms. The Balaban J connectivity index is 1.97. The van der Waals surface area contributed by atoms with E-state index in [0.717, 1.165) is 29.2 Å². The Hall–Kier alpha value is -1.51. The van der Waals surface area contributed by atoms with Crippen LogP contribution in [0.4, 0.5) is 0 Å². The van der Waals surface area contributed by atoms with Crippen molar-refractivity contribution < 1.29 is 4.74 Å². The Labute approximate surface area is 125 Å². The van der Waals surface area contributed by atoms with E-state index in [2.05, 4.69) is 19.1 Å². The van der Waals surface area contributed by atoms with Crippen LogP contribution in [-0.2, 0) is 13.0 Å². The first-order chi connectivity index (χ1) is 9.67. The lowest BCUT2D eigenvalue weighted by molar-refractivity contribution is 0.306. The second-order valence-electron chi connectivity index (χ2n) is 4.94. The van der Waals surface area contributed by atoms with Gasteiger partial charge in [0.25, 0.3) is 0 Å². The van der Waals surface area contributed by atoms with Crippen LogP contribution < -0.4 is 10.5 Å². The van der Waals surface area contributed by atoms with E-state index in [0.29, 0.717) is 6.61 Å². The Bertz CT molecular complexity index is 556. The fourth-order valence-corrected chi connectivity index (χ4v) is 2.22. The summed E-state index contributed by atoms with van der Waals surface area (Å²) in [6, 6.07) is 16.0. The van der Waals surface area contributed by atoms with Gasteiger partial charge in [-0.25, -0.2) is 0 Å². The number of benzene rings is 2. The van der Waals surface area contributed by atoms with Crippen molar-refractivity contribution in [2.24, 2.45) is 5.73 Å². The van der Waals surface area contributed by atoms with Crippen LogP contribution in [0.5, 0.6) is 5.75 Å². The largest absolute Gasteiger partial charge is 0.489 e. The van der Waals surface area contributed by atoms with Gasteiger partial charge in [0.05, 0.1) is 0 Å². The first kappa shape index (κ1) is 14.9. The zero-order valence-corrected chi connectivity index (χ0v) is 12.4. The molecule has 3 heteroatoms. The molecule has 1 unspecified atom stereocenters. The van der Waals surface area contributed by atoms with Gasteiger partial charge in [0.1, 0.15) is 12.4 Å². The third-order valence-corrected chi connectivity index (χ3v) is 3.45. The first-order valence-corrected chi connectivity index (χ1v) is 7.27. The Morgan fingerprint density at radius 2 is 1.85 bits per heavy atom. The van der Waals surface area contributed by atoms with Crippen LogP contribution in [-0.4, -0.2) is 6.04 Å². The molecule has 0 radical (unpaired) electrons. The van der Waals surface area contributed by atoms with Crippen molar-refractivity contribution in [2.75, 3.05) is 0 Å². The summed E-state index contributed by atoms with van der Waals surface area (Å²) in [4.78, 5) is 0. The van der Waals surface area contributed by atoms with Gasteiger partial charge in [0.15, 0.2) is 0 Å². The Morgan fingerprint density at radius 3 is 2.60 bits per heavy atom. The summed E-state index contributed by atoms with van der Waals surface area (Å²) >= 11 is 5.96. The van der Waals surface area contributed by atoms with Crippen molar-refractivity contribution in [1.82, 2.24) is 0 Å². The second kappa shape index (κ2) is 7.32. The average molecular weight is 290 g/mol. The lowest BCUT2D eigenvalue weighted by atomic mass is 10.0. The van der Waals surface area contributed by atoms with Crippen LogP contribution in [0, 0.1) is 0 Å². The SMILES string of the molecule is CCC(N)Cc1cccc(OCc2cccc(Cl)c2)c1. The summed E-state index contributed by atoms with van der Waals surface area (Å²) in [6.07, 6.45) is 1.86. The van der Waals surface area contributed by atoms with E-state index >= 15 is 0 Å². The molecule has 2 nitrogen and oxygen atoms in total. The number of nitrogens with two attached hydrogens (primary N) is 1. The van der Waals surface area contributed by atoms with Crippen molar-refractivity contribution in [2.45, 2.75) is 32.4 Å². The molecule has 0 aliphatic rings. The number of halogens is 1. The normalized spacial score (nSPS) is 12.2. The molecule has 2 aromatic rings. The number of hydrogen-bond acceptors (Lipinski definition) is 2. The minimum atomic E-state index is 0.207. The molecule has 106 valence electrons. The Kier molecular flexibility index (Phi) is 5.45. The predicted molar refractivity (Wildman–Crippen MR) is 84.2 cm³/mol. The van der Waals surface area contributed by atoms with E-state index in [-0.39, 0.29) is 6.04 Å². The van der Waals surface area contributed by atoms with E-state index in [1.54, 1.807) is 0 Å². The maximum atomic E-state index is 5.98. The van der Waals surface area contributed by atoms with E-state index in [1.165, 1.54) is 5.56 Å². The van der Waals surface area contributed by atoms with E-state index < -0.39 is 0 Å². The molecule has 0 amide bonds. The lowest BCUT2D eigenvalue weighted by Gasteiger charge is -2.11. The highest BCUT2D eigenvalue weighted by Crippen LogP contribution is 2.18. The van der Waals surface area contributed by atoms with Gasteiger partial charge >= 0.3 is 0 Å². The molecule has 20 heavy (non-hydrogen) atoms. The summed E-state index contributed by atoms with van der Waals surface area (Å²) in [7, 11) is 0. The molecule has 2 N–H and O–H groups in total. The fourth-order valence-electron chi connectivity index (χ4n) is 2.00. The van der Waals surface area contributed by atoms with Gasteiger partial charge in [0.2, 0.25) is 0 Å². The van der Waals surface area contributed by atoms with Gasteiger partial charge in [-0.15, -0.1) is 0 Å². The van der Waals surface area contributed by atoms with E-state index in [9.17, 15) is 0 Å². The summed E-state index contributed by atoms with van der Waals surface area (Å²) < 4.78 is 5.80. The monoisotopic (exact) mass is 289 g/mol. The summed E-state index contributed by atoms with van der Waals surface area (Å²) in [5.74, 6) is 0.866. The van der Waals surface area contributed by atoms with Gasteiger partial charge in [0, 0.05) is 11.1 Å². The molecule has 0 saturated heterocycles. The van der Waals surface area contributed by atoms with Crippen LogP contribution in [0.1, 0.15) is 24.5 Å². The highest BCUT2D eigenvalue weighted by molar-refractivity contribution is 6.30. The molecule has 0 aromatic heterocycles. The van der Waals surface area contributed by atoms with E-state index in [1.807, 2.05) is 36.4 Å². The Morgan fingerprint density at radius 1 is 1.10 bits per heavy atom. The molecular weight excluding hydrogens is 270 g/mol. The molecule has 1 atom stereocenters. The molecule has 2 rings (SSSR count). The molecule has 2 aromatic carbocycles. The summed E-state index contributed by atoms with van der Waals surface area (Å²) in [5, 5.41) is 0.730. The van der Waals surface area contributed by atoms with Gasteiger partial charge in [-0.3, -0.25) is 0 Å². The zero-order chi connectivity index (χ0) is 14.4. The second-order valence-corrected chi connectivity index (χ2v) is 5.37. The highest BCUT2D eigenvalue weighted by atomic mass is 35.5. The molecular formula is C17H20ClNO. The number of ether oxygens (including phenoxy) is 1. The maximum absolute atomic E-state index is 5.98. The van der Waals surface area contributed by atoms with Crippen LogP contribution in [0.3, 0.4) is 0 Å². The average Bonchev–Trinajstić information content (AvgIpc) is 2.45. The van der Waals surface area contributed by atoms with Crippen molar-refractivity contribution in [3.05, 3.63) is 64.7 Å². The quantitative estimate of drug-likeness (QED) is 0.865. The number of rotatable bonds is 6. The van der Waals surface area contributed by atoms with Gasteiger partial charge in [-0.2, -0.15) is 0 Å². The minimum absolute atomic E-state index is 0.207. The van der Waals surface area contributed by atoms with Crippen LogP contribution >= 0.6 is 11.6 Å². The fraction of sp³-hybridized carbons (Fsp3) is 0.294. The molecule has 0 heterocycles. The van der Waals surface area contributed by atoms with E-state index in [4.69, 9.17) is 22.1 Å². The zero-order valence-electron chi connectivity index (χ0n) is 11.7. The van der Waals surface area contributed by atoms with Crippen LogP contribution in [0.2, 0.25) is 5.02 Å². The molecule has 0 aliphatic heterocycles. The smallest absolute Gasteiger partial charge is 0.120 e. The highest BCUT2D eigenvalue weighted by Gasteiger charge is 2.03. The van der Waals surface area contributed by atoms with Crippen molar-refractivity contribution >= 4 is 11.6 Å². The van der Waals surface area contributed by atoms with Crippen molar-refractivity contribution in [3.63, 3.8) is 0 Å². The van der Waals surface area contributed by atoms with Crippen LogP contribution in [0.15, 0.2) is 48.5 Å². The third kappa shape index (κ3) is 4.55. The van der Waals surface area contributed by atoms with Crippen molar-refractivity contribution in [3.8, 4) is 5.75 Å². The third-order valence-electron chi connectivity index (χ3n) is 3.22. The van der Waals surface area contributed by atoms with Gasteiger partial charge in [-0.05, 0) is 48.2 Å². The maximum Gasteiger partial charge on any atom is 0.120 e. The lowest BCUT2D eigenvalue weighted by Crippen LogP contribution is -2.21. The molecule has 0 fully saturated rings. The molecule has 0 aliphatic carbocycles. The number of hydrogen-bond donors (Lipinski definition) is 1. The minimum Gasteiger partial charge on any atom is -0.489 e. The van der Waals surface area contributed by atoms with Gasteiger partial charge in [-0.1, -0.05) is 42.8 Å². The topological polar surface area (TPSA) is 35.2 Å². The summed E-state index contributed by atoms with van der Waals surface area (Å²) in [6.45, 7) is 2.62. The first-order valence-electron chi connectivity index (χ1n) is 6.89. The standard InChI is InChI=1S/C17H20ClNO/c1-2-16(19)10-13-5-4-8-17(11-13)20-12-14-6-3-7-15(18)9-14/h3-9,11,16H,2,10,12,19H2,1H3. The van der Waals surface area contributed by atoms with Crippen molar-refractivity contribution in [1.29, 1.82) is 0 Å². The van der Waals surface area contributed by atoms with Crippen LogP contribution in [0.25, 0.3) is 0 Å².